The Morgan fingerprint density at radius 2 is 1.39 bits per heavy atom. The molecule has 1 aromatic carbocycles. The van der Waals surface area contributed by atoms with Crippen LogP contribution in [-0.2, 0) is 30.4 Å². The molecule has 1 rings (SSSR count). The van der Waals surface area contributed by atoms with E-state index >= 15 is 0 Å². The quantitative estimate of drug-likeness (QED) is 0.0797. The fourth-order valence-electron chi connectivity index (χ4n) is 4.54. The first-order chi connectivity index (χ1) is 21.0. The summed E-state index contributed by atoms with van der Waals surface area (Å²) in [5.41, 5.74) is 12.0. The van der Waals surface area contributed by atoms with Crippen LogP contribution in [0.25, 0.3) is 0 Å². The number of carbonyl (C=O) groups is 5. The van der Waals surface area contributed by atoms with E-state index in [2.05, 4.69) is 33.5 Å². The second-order valence-corrected chi connectivity index (χ2v) is 11.4. The maximum atomic E-state index is 13.6. The van der Waals surface area contributed by atoms with Gasteiger partial charge in [-0.2, -0.15) is 0 Å². The van der Waals surface area contributed by atoms with Crippen LogP contribution < -0.4 is 38.1 Å². The smallest absolute Gasteiger partial charge is 0.245 e. The van der Waals surface area contributed by atoms with Gasteiger partial charge < -0.3 is 43.2 Å². The molecule has 0 radical (unpaired) electrons. The van der Waals surface area contributed by atoms with Crippen molar-refractivity contribution in [2.75, 3.05) is 26.2 Å². The van der Waals surface area contributed by atoms with Crippen molar-refractivity contribution in [1.82, 2.24) is 26.6 Å². The van der Waals surface area contributed by atoms with Crippen LogP contribution in [0.2, 0.25) is 0 Å². The molecule has 0 aliphatic heterocycles. The van der Waals surface area contributed by atoms with Crippen LogP contribution in [0.3, 0.4) is 0 Å². The minimum Gasteiger partial charge on any atom is -0.394 e. The van der Waals surface area contributed by atoms with Crippen molar-refractivity contribution >= 4 is 29.5 Å². The average molecular weight is 620 g/mol. The second kappa shape index (κ2) is 22.0. The minimum atomic E-state index is -1.37. The zero-order valence-corrected chi connectivity index (χ0v) is 26.4. The Bertz CT molecular complexity index is 1020. The van der Waals surface area contributed by atoms with Crippen molar-refractivity contribution < 1.29 is 29.1 Å². The summed E-state index contributed by atoms with van der Waals surface area (Å²) in [6.07, 6.45) is 5.84. The van der Waals surface area contributed by atoms with E-state index in [4.69, 9.17) is 11.5 Å². The van der Waals surface area contributed by atoms with Crippen LogP contribution in [-0.4, -0.2) is 85.1 Å². The molecule has 0 fully saturated rings. The van der Waals surface area contributed by atoms with E-state index in [0.29, 0.717) is 12.8 Å². The third-order valence-electron chi connectivity index (χ3n) is 6.97. The van der Waals surface area contributed by atoms with Gasteiger partial charge in [0.05, 0.1) is 13.2 Å². The van der Waals surface area contributed by atoms with Gasteiger partial charge in [0, 0.05) is 32.0 Å². The van der Waals surface area contributed by atoms with Crippen molar-refractivity contribution in [2.45, 2.75) is 96.3 Å². The van der Waals surface area contributed by atoms with Crippen LogP contribution in [0.4, 0.5) is 0 Å². The summed E-state index contributed by atoms with van der Waals surface area (Å²) in [7, 11) is 0. The van der Waals surface area contributed by atoms with Gasteiger partial charge in [0.25, 0.3) is 0 Å². The molecule has 0 aliphatic carbocycles. The second-order valence-electron chi connectivity index (χ2n) is 11.4. The first kappa shape index (κ1) is 38.5. The third-order valence-corrected chi connectivity index (χ3v) is 6.97. The number of hydrogen-bond acceptors (Lipinski definition) is 8. The number of carbonyl (C=O) groups excluding carboxylic acids is 5. The molecule has 5 amide bonds. The molecule has 248 valence electrons. The van der Waals surface area contributed by atoms with Gasteiger partial charge >= 0.3 is 0 Å². The van der Waals surface area contributed by atoms with Crippen molar-refractivity contribution in [3.8, 4) is 0 Å². The Hall–Kier alpha value is -3.55. The molecular weight excluding hydrogens is 566 g/mol. The van der Waals surface area contributed by atoms with Crippen molar-refractivity contribution in [3.63, 3.8) is 0 Å². The number of rotatable bonds is 22. The number of nitrogens with one attached hydrogen (secondary N) is 5. The van der Waals surface area contributed by atoms with Crippen LogP contribution >= 0.6 is 0 Å². The minimum absolute atomic E-state index is 0.161. The van der Waals surface area contributed by atoms with E-state index in [1.165, 1.54) is 0 Å². The monoisotopic (exact) mass is 619 g/mol. The zero-order chi connectivity index (χ0) is 32.9. The van der Waals surface area contributed by atoms with E-state index in [1.54, 1.807) is 0 Å². The predicted molar refractivity (Wildman–Crippen MR) is 169 cm³/mol. The predicted octanol–water partition coefficient (Wildman–Crippen LogP) is -0.399. The molecule has 0 saturated heterocycles. The number of amides is 5. The SMILES string of the molecule is CCCCCCCC(=O)NC[C@H](NC(=O)[C@H](CO)NC(=O)CN)C(=O)N[C@@H](Cc1ccccc1)C(=O)N[C@H](CN)CC(C)C. The van der Waals surface area contributed by atoms with Crippen molar-refractivity contribution in [2.24, 2.45) is 17.4 Å². The van der Waals surface area contributed by atoms with E-state index in [9.17, 15) is 29.1 Å². The standard InChI is InChI=1S/C31H53N7O6/c1-4-5-6-7-11-14-27(40)34-19-25(38-31(44)26(20-39)36-28(41)18-33)30(43)37-24(16-22-12-9-8-10-13-22)29(42)35-23(17-32)15-21(2)3/h8-10,12-13,21,23-26,39H,4-7,11,14-20,32-33H2,1-3H3,(H,34,40)(H,35,42)(H,36,41)(H,37,43)(H,38,44)/t23-,24-,25-,26-/m0/s1. The summed E-state index contributed by atoms with van der Waals surface area (Å²) < 4.78 is 0. The first-order valence-corrected chi connectivity index (χ1v) is 15.6. The number of aliphatic hydroxyl groups is 1. The molecule has 13 nitrogen and oxygen atoms in total. The van der Waals surface area contributed by atoms with Crippen LogP contribution in [0.1, 0.15) is 71.3 Å². The third kappa shape index (κ3) is 15.8. The summed E-state index contributed by atoms with van der Waals surface area (Å²) in [5.74, 6) is -2.71. The van der Waals surface area contributed by atoms with E-state index < -0.39 is 54.9 Å². The highest BCUT2D eigenvalue weighted by Gasteiger charge is 2.30. The maximum Gasteiger partial charge on any atom is 0.245 e. The number of hydrogen-bond donors (Lipinski definition) is 8. The molecule has 0 unspecified atom stereocenters. The van der Waals surface area contributed by atoms with Gasteiger partial charge in [-0.25, -0.2) is 0 Å². The fourth-order valence-corrected chi connectivity index (χ4v) is 4.54. The van der Waals surface area contributed by atoms with Crippen LogP contribution in [0.5, 0.6) is 0 Å². The molecular formula is C31H53N7O6. The topological polar surface area (TPSA) is 218 Å². The van der Waals surface area contributed by atoms with Gasteiger partial charge in [-0.1, -0.05) is 76.8 Å². The molecule has 4 atom stereocenters. The van der Waals surface area contributed by atoms with Crippen molar-refractivity contribution in [3.05, 3.63) is 35.9 Å². The largest absolute Gasteiger partial charge is 0.394 e. The number of unbranched alkanes of at least 4 members (excludes halogenated alkanes) is 4. The number of nitrogens with two attached hydrogens (primary N) is 2. The summed E-state index contributed by atoms with van der Waals surface area (Å²) >= 11 is 0. The lowest BCUT2D eigenvalue weighted by molar-refractivity contribution is -0.134. The Kier molecular flexibility index (Phi) is 19.3. The number of benzene rings is 1. The normalized spacial score (nSPS) is 13.7. The molecule has 0 aliphatic rings. The summed E-state index contributed by atoms with van der Waals surface area (Å²) in [5, 5.41) is 22.8. The molecule has 10 N–H and O–H groups in total. The summed E-state index contributed by atoms with van der Waals surface area (Å²) in [6, 6.07) is 5.11. The average Bonchev–Trinajstić information content (AvgIpc) is 3.00. The van der Waals surface area contributed by atoms with Gasteiger partial charge in [0.15, 0.2) is 0 Å². The fraction of sp³-hybridized carbons (Fsp3) is 0.645. The molecule has 0 saturated carbocycles. The van der Waals surface area contributed by atoms with Crippen molar-refractivity contribution in [1.29, 1.82) is 0 Å². The molecule has 44 heavy (non-hydrogen) atoms. The molecule has 13 heteroatoms. The summed E-state index contributed by atoms with van der Waals surface area (Å²) in [6.45, 7) is 4.93. The van der Waals surface area contributed by atoms with Gasteiger partial charge in [-0.3, -0.25) is 24.0 Å². The number of aliphatic hydroxyl groups excluding tert-OH is 1. The summed E-state index contributed by atoms with van der Waals surface area (Å²) in [4.78, 5) is 64.2. The molecule has 0 aromatic heterocycles. The van der Waals surface area contributed by atoms with Gasteiger partial charge in [0.1, 0.15) is 18.1 Å². The molecule has 0 spiro atoms. The molecule has 0 bridgehead atoms. The van der Waals surface area contributed by atoms with Gasteiger partial charge in [0.2, 0.25) is 29.5 Å². The lowest BCUT2D eigenvalue weighted by atomic mass is 10.0. The zero-order valence-electron chi connectivity index (χ0n) is 26.4. The lowest BCUT2D eigenvalue weighted by Crippen LogP contribution is -2.61. The first-order valence-electron chi connectivity index (χ1n) is 15.6. The van der Waals surface area contributed by atoms with E-state index in [0.717, 1.165) is 31.2 Å². The van der Waals surface area contributed by atoms with Crippen LogP contribution in [0.15, 0.2) is 30.3 Å². The van der Waals surface area contributed by atoms with E-state index in [-0.39, 0.29) is 43.8 Å². The Balaban J connectivity index is 3.14. The Morgan fingerprint density at radius 1 is 0.773 bits per heavy atom. The van der Waals surface area contributed by atoms with E-state index in [1.807, 2.05) is 44.2 Å². The Labute approximate surface area is 261 Å². The highest BCUT2D eigenvalue weighted by molar-refractivity contribution is 5.95. The Morgan fingerprint density at radius 3 is 1.98 bits per heavy atom. The molecule has 1 aromatic rings. The maximum absolute atomic E-state index is 13.6. The van der Waals surface area contributed by atoms with Gasteiger partial charge in [-0.05, 0) is 24.3 Å². The highest BCUT2D eigenvalue weighted by Crippen LogP contribution is 2.08. The van der Waals surface area contributed by atoms with Gasteiger partial charge in [-0.15, -0.1) is 0 Å². The highest BCUT2D eigenvalue weighted by atomic mass is 16.3. The lowest BCUT2D eigenvalue weighted by Gasteiger charge is -2.27. The molecule has 0 heterocycles. The van der Waals surface area contributed by atoms with Crippen LogP contribution in [0, 0.1) is 5.92 Å².